The van der Waals surface area contributed by atoms with E-state index in [4.69, 9.17) is 5.73 Å². The maximum absolute atomic E-state index is 11.7. The monoisotopic (exact) mass is 292 g/mol. The first-order valence-corrected chi connectivity index (χ1v) is 6.21. The van der Waals surface area contributed by atoms with Gasteiger partial charge in [0.05, 0.1) is 0 Å². The van der Waals surface area contributed by atoms with Crippen LogP contribution >= 0.6 is 11.3 Å². The number of aryl methyl sites for hydroxylation is 1. The molecule has 0 spiro atoms. The number of nitrogens with one attached hydrogen (secondary N) is 1. The summed E-state index contributed by atoms with van der Waals surface area (Å²) in [5.41, 5.74) is 6.09. The summed E-state index contributed by atoms with van der Waals surface area (Å²) in [6.45, 7) is 1.81. The highest BCUT2D eigenvalue weighted by Crippen LogP contribution is 2.28. The van der Waals surface area contributed by atoms with Gasteiger partial charge in [0, 0.05) is 0 Å². The molecule has 3 heterocycles. The number of H-pyrrole nitrogens is 1. The largest absolute Gasteiger partial charge is 0.367 e. The zero-order valence-corrected chi connectivity index (χ0v) is 10.9. The highest BCUT2D eigenvalue weighted by Gasteiger charge is 2.29. The van der Waals surface area contributed by atoms with Crippen LogP contribution in [0.1, 0.15) is 16.7 Å². The van der Waals surface area contributed by atoms with E-state index >= 15 is 0 Å². The number of rotatable bonds is 4. The number of hydrogen-bond donors (Lipinski definition) is 2. The van der Waals surface area contributed by atoms with Crippen LogP contribution in [0.15, 0.2) is 6.33 Å². The average Bonchev–Trinajstić information content (AvgIpc) is 3.10. The van der Waals surface area contributed by atoms with Crippen LogP contribution in [0.5, 0.6) is 0 Å². The van der Waals surface area contributed by atoms with Crippen molar-refractivity contribution in [1.82, 2.24) is 45.8 Å². The molecule has 11 nitrogen and oxygen atoms in total. The van der Waals surface area contributed by atoms with E-state index in [1.165, 1.54) is 22.3 Å². The predicted octanol–water partition coefficient (Wildman–Crippen LogP) is -1.31. The Kier molecular flexibility index (Phi) is 2.90. The molecule has 12 heteroatoms. The number of carbonyl (C=O) groups is 1. The predicted molar refractivity (Wildman–Crippen MR) is 65.2 cm³/mol. The van der Waals surface area contributed by atoms with E-state index < -0.39 is 11.9 Å². The lowest BCUT2D eigenvalue weighted by Gasteiger charge is -2.09. The van der Waals surface area contributed by atoms with Crippen LogP contribution < -0.4 is 5.73 Å². The molecule has 0 aliphatic rings. The average molecular weight is 292 g/mol. The summed E-state index contributed by atoms with van der Waals surface area (Å²) in [4.78, 5) is 11.7. The Hall–Kier alpha value is -2.76. The summed E-state index contributed by atoms with van der Waals surface area (Å²) in [7, 11) is 0. The molecule has 0 saturated heterocycles. The highest BCUT2D eigenvalue weighted by atomic mass is 32.1. The molecule has 0 fully saturated rings. The third-order valence-electron chi connectivity index (χ3n) is 2.46. The molecule has 0 saturated carbocycles. The molecular formula is C8H8N10OS. The first-order valence-electron chi connectivity index (χ1n) is 5.39. The van der Waals surface area contributed by atoms with Crippen LogP contribution in [0, 0.1) is 6.92 Å². The van der Waals surface area contributed by atoms with Crippen molar-refractivity contribution in [2.75, 3.05) is 0 Å². The third kappa shape index (κ3) is 2.01. The standard InChI is InChI=1S/C8H8N10OS/c1-3-11-14-8(20-3)5-4(12-16-13-5)6(7(9)19)18-2-10-15-17-18/h2,6H,1H3,(H2,9,19)(H,12,13,16). The fraction of sp³-hybridized carbons (Fsp3) is 0.250. The van der Waals surface area contributed by atoms with Crippen molar-refractivity contribution in [3.05, 3.63) is 17.0 Å². The van der Waals surface area contributed by atoms with Crippen molar-refractivity contribution in [2.24, 2.45) is 5.73 Å². The number of nitrogens with two attached hydrogens (primary N) is 1. The maximum atomic E-state index is 11.7. The van der Waals surface area contributed by atoms with Crippen molar-refractivity contribution in [3.8, 4) is 10.7 Å². The van der Waals surface area contributed by atoms with E-state index in [-0.39, 0.29) is 0 Å². The van der Waals surface area contributed by atoms with Gasteiger partial charge in [0.2, 0.25) is 5.91 Å². The summed E-state index contributed by atoms with van der Waals surface area (Å²) in [5.74, 6) is -0.659. The molecule has 0 aliphatic heterocycles. The lowest BCUT2D eigenvalue weighted by atomic mass is 10.1. The van der Waals surface area contributed by atoms with Crippen molar-refractivity contribution in [1.29, 1.82) is 0 Å². The Labute approximate surface area is 115 Å². The van der Waals surface area contributed by atoms with Crippen molar-refractivity contribution < 1.29 is 4.79 Å². The fourth-order valence-corrected chi connectivity index (χ4v) is 2.35. The SMILES string of the molecule is Cc1nnc(-c2n[nH]nc2C(C(N)=O)n2cnnn2)s1. The Bertz CT molecular complexity index is 730. The van der Waals surface area contributed by atoms with E-state index in [0.717, 1.165) is 5.01 Å². The van der Waals surface area contributed by atoms with Gasteiger partial charge in [0.25, 0.3) is 0 Å². The summed E-state index contributed by atoms with van der Waals surface area (Å²) in [6, 6.07) is -0.969. The molecule has 0 aromatic carbocycles. The molecule has 0 aliphatic carbocycles. The van der Waals surface area contributed by atoms with Gasteiger partial charge in [-0.25, -0.2) is 4.68 Å². The third-order valence-corrected chi connectivity index (χ3v) is 3.31. The van der Waals surface area contributed by atoms with E-state index in [1.54, 1.807) is 0 Å². The van der Waals surface area contributed by atoms with Gasteiger partial charge < -0.3 is 5.73 Å². The zero-order chi connectivity index (χ0) is 14.1. The molecule has 1 atom stereocenters. The van der Waals surface area contributed by atoms with E-state index in [0.29, 0.717) is 16.4 Å². The number of aromatic nitrogens is 9. The Balaban J connectivity index is 2.10. The van der Waals surface area contributed by atoms with Crippen LogP contribution in [0.4, 0.5) is 0 Å². The van der Waals surface area contributed by atoms with Gasteiger partial charge in [-0.05, 0) is 17.4 Å². The lowest BCUT2D eigenvalue weighted by molar-refractivity contribution is -0.120. The minimum Gasteiger partial charge on any atom is -0.367 e. The molecular weight excluding hydrogens is 284 g/mol. The van der Waals surface area contributed by atoms with Crippen LogP contribution in [0.3, 0.4) is 0 Å². The van der Waals surface area contributed by atoms with Crippen LogP contribution in [0.25, 0.3) is 10.7 Å². The number of hydrogen-bond acceptors (Lipinski definition) is 9. The van der Waals surface area contributed by atoms with Crippen molar-refractivity contribution >= 4 is 17.2 Å². The molecule has 3 N–H and O–H groups in total. The minimum atomic E-state index is -0.969. The molecule has 1 unspecified atom stereocenters. The molecule has 0 bridgehead atoms. The summed E-state index contributed by atoms with van der Waals surface area (Å²) in [5, 5.41) is 30.2. The second-order valence-corrected chi connectivity index (χ2v) is 4.96. The number of tetrazole rings is 1. The number of aromatic amines is 1. The molecule has 102 valence electrons. The number of carbonyl (C=O) groups excluding carboxylic acids is 1. The van der Waals surface area contributed by atoms with Crippen LogP contribution in [0.2, 0.25) is 0 Å². The van der Waals surface area contributed by atoms with Crippen molar-refractivity contribution in [2.45, 2.75) is 13.0 Å². The van der Waals surface area contributed by atoms with Gasteiger partial charge in [-0.15, -0.1) is 15.3 Å². The van der Waals surface area contributed by atoms with Gasteiger partial charge >= 0.3 is 0 Å². The second-order valence-electron chi connectivity index (χ2n) is 3.78. The number of primary amides is 1. The van der Waals surface area contributed by atoms with E-state index in [2.05, 4.69) is 41.1 Å². The van der Waals surface area contributed by atoms with Gasteiger partial charge in [-0.1, -0.05) is 11.3 Å². The topological polar surface area (TPSA) is 154 Å². The molecule has 3 aromatic heterocycles. The van der Waals surface area contributed by atoms with Gasteiger partial charge in [0.15, 0.2) is 11.0 Å². The Morgan fingerprint density at radius 1 is 1.45 bits per heavy atom. The van der Waals surface area contributed by atoms with Gasteiger partial charge in [-0.2, -0.15) is 15.4 Å². The fourth-order valence-electron chi connectivity index (χ4n) is 1.66. The molecule has 20 heavy (non-hydrogen) atoms. The highest BCUT2D eigenvalue weighted by molar-refractivity contribution is 7.14. The smallest absolute Gasteiger partial charge is 0.248 e. The first-order chi connectivity index (χ1) is 9.66. The minimum absolute atomic E-state index is 0.293. The molecule has 3 rings (SSSR count). The van der Waals surface area contributed by atoms with Crippen molar-refractivity contribution in [3.63, 3.8) is 0 Å². The normalized spacial score (nSPS) is 12.4. The number of amides is 1. The Morgan fingerprint density at radius 2 is 2.30 bits per heavy atom. The van der Waals surface area contributed by atoms with Crippen LogP contribution in [-0.2, 0) is 4.79 Å². The van der Waals surface area contributed by atoms with Gasteiger partial charge in [-0.3, -0.25) is 4.79 Å². The molecule has 1 amide bonds. The Morgan fingerprint density at radius 3 is 2.90 bits per heavy atom. The summed E-state index contributed by atoms with van der Waals surface area (Å²) in [6.07, 6.45) is 1.28. The molecule has 0 radical (unpaired) electrons. The summed E-state index contributed by atoms with van der Waals surface area (Å²) >= 11 is 1.33. The van der Waals surface area contributed by atoms with Gasteiger partial charge in [0.1, 0.15) is 22.7 Å². The second kappa shape index (κ2) is 4.73. The summed E-state index contributed by atoms with van der Waals surface area (Å²) < 4.78 is 1.21. The number of nitrogens with zero attached hydrogens (tertiary/aromatic N) is 8. The van der Waals surface area contributed by atoms with E-state index in [9.17, 15) is 4.79 Å². The molecule has 3 aromatic rings. The first kappa shape index (κ1) is 12.3. The quantitative estimate of drug-likeness (QED) is 0.600. The zero-order valence-electron chi connectivity index (χ0n) is 10.1. The van der Waals surface area contributed by atoms with E-state index in [1.807, 2.05) is 6.92 Å². The maximum Gasteiger partial charge on any atom is 0.248 e. The lowest BCUT2D eigenvalue weighted by Crippen LogP contribution is -2.28. The van der Waals surface area contributed by atoms with Crippen LogP contribution in [-0.4, -0.2) is 51.7 Å².